The second-order valence-corrected chi connectivity index (χ2v) is 6.71. The maximum absolute atomic E-state index is 13.2. The van der Waals surface area contributed by atoms with Crippen LogP contribution in [0.5, 0.6) is 0 Å². The molecule has 1 heterocycles. The van der Waals surface area contributed by atoms with Gasteiger partial charge in [0.15, 0.2) is 5.82 Å². The highest BCUT2D eigenvalue weighted by Crippen LogP contribution is 2.39. The second kappa shape index (κ2) is 4.88. The Labute approximate surface area is 124 Å². The lowest BCUT2D eigenvalue weighted by atomic mass is 9.74. The number of halogens is 1. The summed E-state index contributed by atoms with van der Waals surface area (Å²) >= 11 is 0. The predicted octanol–water partition coefficient (Wildman–Crippen LogP) is 3.56. The fraction of sp³-hybridized carbons (Fsp3) is 0.412. The summed E-state index contributed by atoms with van der Waals surface area (Å²) in [7, 11) is 0. The number of aryl methyl sites for hydroxylation is 1. The van der Waals surface area contributed by atoms with Crippen molar-refractivity contribution in [1.82, 2.24) is 9.97 Å². The predicted molar refractivity (Wildman–Crippen MR) is 81.2 cm³/mol. The molecular formula is C17H20FN3. The van der Waals surface area contributed by atoms with Crippen LogP contribution in [0.3, 0.4) is 0 Å². The molecule has 0 radical (unpaired) electrons. The molecule has 21 heavy (non-hydrogen) atoms. The third-order valence-electron chi connectivity index (χ3n) is 4.15. The lowest BCUT2D eigenvalue weighted by Crippen LogP contribution is -2.30. The number of rotatable bonds is 1. The number of nitrogens with zero attached hydrogens (tertiary/aromatic N) is 2. The molecule has 1 aromatic heterocycles. The summed E-state index contributed by atoms with van der Waals surface area (Å²) in [6.07, 6.45) is 3.67. The first-order valence-corrected chi connectivity index (χ1v) is 7.24. The van der Waals surface area contributed by atoms with E-state index in [-0.39, 0.29) is 17.3 Å². The first-order chi connectivity index (χ1) is 9.85. The highest BCUT2D eigenvalue weighted by atomic mass is 19.1. The van der Waals surface area contributed by atoms with Gasteiger partial charge in [-0.25, -0.2) is 14.4 Å². The summed E-state index contributed by atoms with van der Waals surface area (Å²) in [5.74, 6) is 0.411. The van der Waals surface area contributed by atoms with Crippen LogP contribution < -0.4 is 5.73 Å². The van der Waals surface area contributed by atoms with Crippen molar-refractivity contribution in [2.75, 3.05) is 0 Å². The maximum atomic E-state index is 13.2. The van der Waals surface area contributed by atoms with Crippen LogP contribution in [0, 0.1) is 18.2 Å². The molecule has 0 fully saturated rings. The van der Waals surface area contributed by atoms with Gasteiger partial charge in [-0.3, -0.25) is 0 Å². The number of hydrogen-bond acceptors (Lipinski definition) is 3. The highest BCUT2D eigenvalue weighted by molar-refractivity contribution is 5.60. The minimum absolute atomic E-state index is 0.00730. The van der Waals surface area contributed by atoms with Gasteiger partial charge in [0.25, 0.3) is 0 Å². The Bertz CT molecular complexity index is 694. The molecule has 0 spiro atoms. The van der Waals surface area contributed by atoms with E-state index >= 15 is 0 Å². The van der Waals surface area contributed by atoms with Gasteiger partial charge in [-0.1, -0.05) is 13.8 Å². The lowest BCUT2D eigenvalue weighted by molar-refractivity contribution is 0.278. The topological polar surface area (TPSA) is 51.8 Å². The summed E-state index contributed by atoms with van der Waals surface area (Å²) in [6, 6.07) is 4.68. The van der Waals surface area contributed by atoms with Gasteiger partial charge >= 0.3 is 0 Å². The minimum atomic E-state index is -0.239. The van der Waals surface area contributed by atoms with Gasteiger partial charge in [0.05, 0.1) is 0 Å². The van der Waals surface area contributed by atoms with Crippen LogP contribution in [0.2, 0.25) is 0 Å². The first kappa shape index (κ1) is 14.1. The molecule has 0 bridgehead atoms. The van der Waals surface area contributed by atoms with Crippen molar-refractivity contribution in [2.45, 2.75) is 39.7 Å². The number of nitrogens with two attached hydrogens (primary N) is 1. The smallest absolute Gasteiger partial charge is 0.159 e. The van der Waals surface area contributed by atoms with Crippen LogP contribution in [0.1, 0.15) is 43.1 Å². The average molecular weight is 285 g/mol. The van der Waals surface area contributed by atoms with Gasteiger partial charge in [0, 0.05) is 29.1 Å². The first-order valence-electron chi connectivity index (χ1n) is 7.24. The van der Waals surface area contributed by atoms with Crippen molar-refractivity contribution in [3.05, 3.63) is 47.0 Å². The Hall–Kier alpha value is -1.81. The molecule has 1 aromatic carbocycles. The molecule has 0 saturated heterocycles. The van der Waals surface area contributed by atoms with E-state index in [4.69, 9.17) is 10.7 Å². The Morgan fingerprint density at radius 3 is 2.81 bits per heavy atom. The Morgan fingerprint density at radius 2 is 2.10 bits per heavy atom. The van der Waals surface area contributed by atoms with E-state index < -0.39 is 0 Å². The molecule has 4 heteroatoms. The zero-order valence-electron chi connectivity index (χ0n) is 12.7. The van der Waals surface area contributed by atoms with Gasteiger partial charge in [0.1, 0.15) is 5.82 Å². The molecule has 1 atom stereocenters. The zero-order chi connectivity index (χ0) is 15.2. The molecule has 110 valence electrons. The molecule has 2 aromatic rings. The minimum Gasteiger partial charge on any atom is -0.324 e. The van der Waals surface area contributed by atoms with Crippen LogP contribution in [0.15, 0.2) is 24.4 Å². The number of hydrogen-bond donors (Lipinski definition) is 1. The third-order valence-corrected chi connectivity index (χ3v) is 4.15. The van der Waals surface area contributed by atoms with E-state index in [9.17, 15) is 4.39 Å². The fourth-order valence-corrected chi connectivity index (χ4v) is 3.12. The second-order valence-electron chi connectivity index (χ2n) is 6.71. The summed E-state index contributed by atoms with van der Waals surface area (Å²) in [4.78, 5) is 9.14. The molecule has 0 saturated carbocycles. The summed E-state index contributed by atoms with van der Waals surface area (Å²) in [6.45, 7) is 6.29. The van der Waals surface area contributed by atoms with Crippen molar-refractivity contribution in [3.63, 3.8) is 0 Å². The third kappa shape index (κ3) is 2.68. The molecule has 1 aliphatic rings. The zero-order valence-corrected chi connectivity index (χ0v) is 12.7. The maximum Gasteiger partial charge on any atom is 0.159 e. The van der Waals surface area contributed by atoms with Crippen LogP contribution in [-0.2, 0) is 6.42 Å². The van der Waals surface area contributed by atoms with E-state index in [0.717, 1.165) is 35.2 Å². The van der Waals surface area contributed by atoms with Crippen LogP contribution in [0.4, 0.5) is 4.39 Å². The van der Waals surface area contributed by atoms with Crippen LogP contribution in [0.25, 0.3) is 11.4 Å². The molecule has 1 aliphatic carbocycles. The summed E-state index contributed by atoms with van der Waals surface area (Å²) in [5, 5.41) is 0. The van der Waals surface area contributed by atoms with Gasteiger partial charge in [-0.15, -0.1) is 0 Å². The fourth-order valence-electron chi connectivity index (χ4n) is 3.12. The van der Waals surface area contributed by atoms with E-state index in [1.54, 1.807) is 6.07 Å². The molecule has 1 unspecified atom stereocenters. The molecule has 3 nitrogen and oxygen atoms in total. The van der Waals surface area contributed by atoms with Crippen molar-refractivity contribution in [2.24, 2.45) is 11.1 Å². The van der Waals surface area contributed by atoms with Gasteiger partial charge < -0.3 is 5.73 Å². The largest absolute Gasteiger partial charge is 0.324 e. The standard InChI is InChI=1S/C17H20FN3/c1-10-6-11(18)4-5-12(10)16-20-9-13-14(19)7-17(2,3)8-15(13)21-16/h4-6,9,14H,7-8,19H2,1-3H3. The quantitative estimate of drug-likeness (QED) is 0.871. The molecule has 0 aliphatic heterocycles. The van der Waals surface area contributed by atoms with Crippen molar-refractivity contribution in [3.8, 4) is 11.4 Å². The van der Waals surface area contributed by atoms with Crippen LogP contribution >= 0.6 is 0 Å². The lowest BCUT2D eigenvalue weighted by Gasteiger charge is -2.34. The highest BCUT2D eigenvalue weighted by Gasteiger charge is 2.31. The molecule has 3 rings (SSSR count). The van der Waals surface area contributed by atoms with Crippen molar-refractivity contribution < 1.29 is 4.39 Å². The molecular weight excluding hydrogens is 265 g/mol. The van der Waals surface area contributed by atoms with E-state index in [1.165, 1.54) is 12.1 Å². The van der Waals surface area contributed by atoms with E-state index in [2.05, 4.69) is 18.8 Å². The van der Waals surface area contributed by atoms with Crippen molar-refractivity contribution >= 4 is 0 Å². The SMILES string of the molecule is Cc1cc(F)ccc1-c1ncc2c(n1)CC(C)(C)CC2N. The Balaban J connectivity index is 2.07. The molecule has 0 amide bonds. The number of fused-ring (bicyclic) bond motifs is 1. The van der Waals surface area contributed by atoms with Crippen LogP contribution in [-0.4, -0.2) is 9.97 Å². The number of aromatic nitrogens is 2. The monoisotopic (exact) mass is 285 g/mol. The average Bonchev–Trinajstić information content (AvgIpc) is 2.36. The van der Waals surface area contributed by atoms with E-state index in [1.807, 2.05) is 13.1 Å². The molecule has 2 N–H and O–H groups in total. The van der Waals surface area contributed by atoms with Gasteiger partial charge in [-0.05, 0) is 48.9 Å². The van der Waals surface area contributed by atoms with E-state index in [0.29, 0.717) is 5.82 Å². The van der Waals surface area contributed by atoms with Gasteiger partial charge in [0.2, 0.25) is 0 Å². The normalized spacial score (nSPS) is 20.1. The Morgan fingerprint density at radius 1 is 1.33 bits per heavy atom. The summed E-state index contributed by atoms with van der Waals surface area (Å²) < 4.78 is 13.2. The number of benzene rings is 1. The summed E-state index contributed by atoms with van der Waals surface area (Å²) in [5.41, 5.74) is 10.2. The Kier molecular flexibility index (Phi) is 3.29. The van der Waals surface area contributed by atoms with Gasteiger partial charge in [-0.2, -0.15) is 0 Å². The van der Waals surface area contributed by atoms with Crippen molar-refractivity contribution in [1.29, 1.82) is 0 Å².